The average Bonchev–Trinajstić information content (AvgIpc) is 2.82. The Bertz CT molecular complexity index is 539. The van der Waals surface area contributed by atoms with E-state index in [1.807, 2.05) is 19.9 Å². The van der Waals surface area contributed by atoms with Crippen LogP contribution >= 0.6 is 11.3 Å². The normalized spacial score (nSPS) is 19.8. The Morgan fingerprint density at radius 2 is 2.05 bits per heavy atom. The van der Waals surface area contributed by atoms with E-state index in [2.05, 4.69) is 20.8 Å². The van der Waals surface area contributed by atoms with E-state index in [4.69, 9.17) is 0 Å². The zero-order valence-corrected chi connectivity index (χ0v) is 13.8. The van der Waals surface area contributed by atoms with Crippen LogP contribution in [0.4, 0.5) is 0 Å². The number of amides is 1. The first-order valence-corrected chi connectivity index (χ1v) is 7.88. The number of hydrogen-bond donors (Lipinski definition) is 0. The fourth-order valence-electron chi connectivity index (χ4n) is 2.67. The van der Waals surface area contributed by atoms with Crippen molar-refractivity contribution in [2.24, 2.45) is 11.3 Å². The van der Waals surface area contributed by atoms with Gasteiger partial charge >= 0.3 is 0 Å². The monoisotopic (exact) mass is 293 g/mol. The van der Waals surface area contributed by atoms with Crippen molar-refractivity contribution in [3.05, 3.63) is 21.4 Å². The molecule has 0 aromatic carbocycles. The van der Waals surface area contributed by atoms with E-state index in [-0.39, 0.29) is 23.7 Å². The van der Waals surface area contributed by atoms with Gasteiger partial charge < -0.3 is 4.90 Å². The maximum atomic E-state index is 12.3. The summed E-state index contributed by atoms with van der Waals surface area (Å²) in [5, 5.41) is 0. The van der Waals surface area contributed by atoms with E-state index in [1.54, 1.807) is 16.2 Å². The quantitative estimate of drug-likeness (QED) is 0.801. The molecular weight excluding hydrogens is 270 g/mol. The molecular formula is C16H23NO2S. The lowest BCUT2D eigenvalue weighted by Gasteiger charge is -2.26. The Balaban J connectivity index is 2.06. The maximum absolute atomic E-state index is 12.3. The van der Waals surface area contributed by atoms with Gasteiger partial charge in [-0.2, -0.15) is 0 Å². The molecule has 0 radical (unpaired) electrons. The summed E-state index contributed by atoms with van der Waals surface area (Å²) in [6.07, 6.45) is 0.568. The fourth-order valence-corrected chi connectivity index (χ4v) is 3.61. The van der Waals surface area contributed by atoms with Crippen LogP contribution in [-0.2, 0) is 4.79 Å². The van der Waals surface area contributed by atoms with Crippen molar-refractivity contribution < 1.29 is 9.59 Å². The summed E-state index contributed by atoms with van der Waals surface area (Å²) in [7, 11) is 0. The standard InChI is InChI=1S/C16H23NO2S/c1-10-6-13(11(2)20-10)14(18)9-17-8-12(7-15(17)19)16(3,4)5/h6,12H,7-9H2,1-5H3. The second kappa shape index (κ2) is 5.32. The predicted octanol–water partition coefficient (Wildman–Crippen LogP) is 3.44. The number of rotatable bonds is 3. The second-order valence-corrected chi connectivity index (χ2v) is 8.25. The number of ketones is 1. The predicted molar refractivity (Wildman–Crippen MR) is 82.3 cm³/mol. The van der Waals surface area contributed by atoms with E-state index in [0.717, 1.165) is 15.3 Å². The number of nitrogens with zero attached hydrogens (tertiary/aromatic N) is 1. The van der Waals surface area contributed by atoms with Crippen molar-refractivity contribution in [1.29, 1.82) is 0 Å². The molecule has 20 heavy (non-hydrogen) atoms. The molecule has 1 aliphatic heterocycles. The van der Waals surface area contributed by atoms with Crippen LogP contribution < -0.4 is 0 Å². The molecule has 1 saturated heterocycles. The van der Waals surface area contributed by atoms with Crippen LogP contribution in [0.5, 0.6) is 0 Å². The molecule has 2 rings (SSSR count). The molecule has 1 aromatic heterocycles. The highest BCUT2D eigenvalue weighted by Gasteiger charge is 2.37. The van der Waals surface area contributed by atoms with Crippen LogP contribution in [0.25, 0.3) is 0 Å². The van der Waals surface area contributed by atoms with Gasteiger partial charge in [0.1, 0.15) is 0 Å². The highest BCUT2D eigenvalue weighted by atomic mass is 32.1. The molecule has 1 aliphatic rings. The van der Waals surface area contributed by atoms with Crippen molar-refractivity contribution in [3.63, 3.8) is 0 Å². The molecule has 3 nitrogen and oxygen atoms in total. The van der Waals surface area contributed by atoms with Crippen LogP contribution in [0.3, 0.4) is 0 Å². The zero-order chi connectivity index (χ0) is 15.1. The summed E-state index contributed by atoms with van der Waals surface area (Å²) in [6.45, 7) is 11.4. The number of aryl methyl sites for hydroxylation is 2. The van der Waals surface area contributed by atoms with Gasteiger partial charge in [0, 0.05) is 28.3 Å². The summed E-state index contributed by atoms with van der Waals surface area (Å²) in [6, 6.07) is 1.93. The highest BCUT2D eigenvalue weighted by molar-refractivity contribution is 7.12. The third-order valence-electron chi connectivity index (χ3n) is 4.12. The van der Waals surface area contributed by atoms with Crippen LogP contribution in [0.15, 0.2) is 6.07 Å². The molecule has 0 saturated carbocycles. The van der Waals surface area contributed by atoms with Gasteiger partial charge in [0.25, 0.3) is 0 Å². The molecule has 0 bridgehead atoms. The number of Topliss-reactive ketones (excluding diaryl/α,β-unsaturated/α-hetero) is 1. The SMILES string of the molecule is Cc1cc(C(=O)CN2CC(C(C)(C)C)CC2=O)c(C)s1. The number of carbonyl (C=O) groups is 2. The summed E-state index contributed by atoms with van der Waals surface area (Å²) in [4.78, 5) is 28.3. The molecule has 1 atom stereocenters. The van der Waals surface area contributed by atoms with Gasteiger partial charge in [-0.3, -0.25) is 9.59 Å². The van der Waals surface area contributed by atoms with E-state index in [0.29, 0.717) is 18.9 Å². The van der Waals surface area contributed by atoms with Gasteiger partial charge in [0.05, 0.1) is 6.54 Å². The summed E-state index contributed by atoms with van der Waals surface area (Å²) < 4.78 is 0. The van der Waals surface area contributed by atoms with E-state index in [9.17, 15) is 9.59 Å². The average molecular weight is 293 g/mol. The Labute approximate surface area is 125 Å². The lowest BCUT2D eigenvalue weighted by atomic mass is 9.80. The van der Waals surface area contributed by atoms with Crippen LogP contribution in [-0.4, -0.2) is 29.7 Å². The summed E-state index contributed by atoms with van der Waals surface area (Å²) >= 11 is 1.64. The Hall–Kier alpha value is -1.16. The van der Waals surface area contributed by atoms with Crippen LogP contribution in [0.1, 0.15) is 47.3 Å². The van der Waals surface area contributed by atoms with Gasteiger partial charge in [-0.05, 0) is 31.2 Å². The molecule has 2 heterocycles. The number of likely N-dealkylation sites (tertiary alicyclic amines) is 1. The minimum atomic E-state index is 0.0646. The third kappa shape index (κ3) is 3.11. The molecule has 1 aromatic rings. The number of carbonyl (C=O) groups excluding carboxylic acids is 2. The van der Waals surface area contributed by atoms with Crippen molar-refractivity contribution in [2.45, 2.75) is 41.0 Å². The van der Waals surface area contributed by atoms with Crippen LogP contribution in [0.2, 0.25) is 0 Å². The van der Waals surface area contributed by atoms with E-state index >= 15 is 0 Å². The Kier molecular flexibility index (Phi) is 4.05. The van der Waals surface area contributed by atoms with Gasteiger partial charge in [-0.25, -0.2) is 0 Å². The Morgan fingerprint density at radius 1 is 1.40 bits per heavy atom. The smallest absolute Gasteiger partial charge is 0.223 e. The first-order chi connectivity index (χ1) is 9.18. The number of thiophene rings is 1. The fraction of sp³-hybridized carbons (Fsp3) is 0.625. The van der Waals surface area contributed by atoms with Crippen molar-refractivity contribution in [3.8, 4) is 0 Å². The minimum Gasteiger partial charge on any atom is -0.335 e. The summed E-state index contributed by atoms with van der Waals surface area (Å²) in [5.74, 6) is 0.519. The van der Waals surface area contributed by atoms with Gasteiger partial charge in [0.15, 0.2) is 5.78 Å². The molecule has 0 spiro atoms. The Morgan fingerprint density at radius 3 is 2.50 bits per heavy atom. The van der Waals surface area contributed by atoms with Crippen molar-refractivity contribution in [2.75, 3.05) is 13.1 Å². The number of hydrogen-bond acceptors (Lipinski definition) is 3. The first-order valence-electron chi connectivity index (χ1n) is 7.06. The zero-order valence-electron chi connectivity index (χ0n) is 12.9. The lowest BCUT2D eigenvalue weighted by molar-refractivity contribution is -0.127. The molecule has 0 aliphatic carbocycles. The molecule has 1 unspecified atom stereocenters. The summed E-state index contributed by atoms with van der Waals surface area (Å²) in [5.41, 5.74) is 0.891. The highest BCUT2D eigenvalue weighted by Crippen LogP contribution is 2.34. The molecule has 110 valence electrons. The maximum Gasteiger partial charge on any atom is 0.223 e. The molecule has 1 fully saturated rings. The first kappa shape index (κ1) is 15.2. The third-order valence-corrected chi connectivity index (χ3v) is 5.08. The van der Waals surface area contributed by atoms with Gasteiger partial charge in [-0.15, -0.1) is 11.3 Å². The van der Waals surface area contributed by atoms with E-state index in [1.165, 1.54) is 0 Å². The van der Waals surface area contributed by atoms with Gasteiger partial charge in [-0.1, -0.05) is 20.8 Å². The van der Waals surface area contributed by atoms with E-state index < -0.39 is 0 Å². The van der Waals surface area contributed by atoms with Crippen molar-refractivity contribution in [1.82, 2.24) is 4.90 Å². The lowest BCUT2D eigenvalue weighted by Crippen LogP contribution is -2.32. The molecule has 4 heteroatoms. The molecule has 0 N–H and O–H groups in total. The molecule has 1 amide bonds. The van der Waals surface area contributed by atoms with Gasteiger partial charge in [0.2, 0.25) is 5.91 Å². The topological polar surface area (TPSA) is 37.4 Å². The van der Waals surface area contributed by atoms with Crippen LogP contribution in [0, 0.1) is 25.2 Å². The minimum absolute atomic E-state index is 0.0646. The second-order valence-electron chi connectivity index (χ2n) is 6.79. The van der Waals surface area contributed by atoms with Crippen molar-refractivity contribution >= 4 is 23.0 Å². The largest absolute Gasteiger partial charge is 0.335 e.